The molecular weight excluding hydrogens is 352 g/mol. The lowest BCUT2D eigenvalue weighted by Crippen LogP contribution is -2.58. The molecular formula is C24H30O4. The molecule has 5 unspecified atom stereocenters. The summed E-state index contributed by atoms with van der Waals surface area (Å²) in [6.45, 7) is 7.55. The number of allylic oxidation sites excluding steroid dienone is 4. The van der Waals surface area contributed by atoms with E-state index in [0.29, 0.717) is 35.9 Å². The number of carbonyl (C=O) groups is 3. The van der Waals surface area contributed by atoms with Crippen LogP contribution in [0.3, 0.4) is 0 Å². The van der Waals surface area contributed by atoms with E-state index in [-0.39, 0.29) is 28.5 Å². The smallest absolute Gasteiger partial charge is 0.303 e. The van der Waals surface area contributed by atoms with Crippen molar-refractivity contribution in [3.05, 3.63) is 23.8 Å². The van der Waals surface area contributed by atoms with Crippen LogP contribution in [0.25, 0.3) is 0 Å². The van der Waals surface area contributed by atoms with Gasteiger partial charge in [0.05, 0.1) is 0 Å². The lowest BCUT2D eigenvalue weighted by molar-refractivity contribution is -0.185. The fraction of sp³-hybridized carbons (Fsp3) is 0.708. The number of ether oxygens (including phenoxy) is 1. The molecule has 28 heavy (non-hydrogen) atoms. The van der Waals surface area contributed by atoms with Crippen LogP contribution in [0, 0.1) is 40.4 Å². The number of esters is 1. The first-order valence-corrected chi connectivity index (χ1v) is 10.8. The maximum atomic E-state index is 12.8. The van der Waals surface area contributed by atoms with Crippen LogP contribution < -0.4 is 0 Å². The van der Waals surface area contributed by atoms with Crippen LogP contribution in [0.15, 0.2) is 23.8 Å². The highest BCUT2D eigenvalue weighted by molar-refractivity contribution is 5.97. The fourth-order valence-electron chi connectivity index (χ4n) is 7.96. The molecule has 3 saturated carbocycles. The van der Waals surface area contributed by atoms with Gasteiger partial charge in [-0.15, -0.1) is 0 Å². The van der Waals surface area contributed by atoms with Crippen LogP contribution in [-0.2, 0) is 19.1 Å². The predicted molar refractivity (Wildman–Crippen MR) is 104 cm³/mol. The molecule has 3 fully saturated rings. The van der Waals surface area contributed by atoms with E-state index in [1.807, 2.05) is 6.08 Å². The minimum absolute atomic E-state index is 0.0109. The van der Waals surface area contributed by atoms with E-state index in [2.05, 4.69) is 26.0 Å². The number of rotatable bonds is 2. The van der Waals surface area contributed by atoms with E-state index < -0.39 is 5.60 Å². The highest BCUT2D eigenvalue weighted by Gasteiger charge is 2.69. The molecule has 0 aromatic carbocycles. The molecule has 0 aromatic heterocycles. The van der Waals surface area contributed by atoms with E-state index in [4.69, 9.17) is 4.74 Å². The van der Waals surface area contributed by atoms with Gasteiger partial charge >= 0.3 is 5.97 Å². The van der Waals surface area contributed by atoms with Crippen LogP contribution in [0.1, 0.15) is 59.8 Å². The van der Waals surface area contributed by atoms with Crippen molar-refractivity contribution in [2.24, 2.45) is 40.4 Å². The molecule has 5 aliphatic carbocycles. The molecule has 5 rings (SSSR count). The van der Waals surface area contributed by atoms with Gasteiger partial charge in [-0.3, -0.25) is 14.4 Å². The Morgan fingerprint density at radius 2 is 1.79 bits per heavy atom. The second-order valence-electron chi connectivity index (χ2n) is 10.4. The van der Waals surface area contributed by atoms with E-state index in [1.165, 1.54) is 12.5 Å². The summed E-state index contributed by atoms with van der Waals surface area (Å²) in [6.07, 6.45) is 10.9. The predicted octanol–water partition coefficient (Wildman–Crippen LogP) is 4.04. The van der Waals surface area contributed by atoms with Crippen molar-refractivity contribution in [1.82, 2.24) is 0 Å². The van der Waals surface area contributed by atoms with Gasteiger partial charge in [0.25, 0.3) is 0 Å². The van der Waals surface area contributed by atoms with Gasteiger partial charge in [-0.25, -0.2) is 0 Å². The number of ketones is 2. The van der Waals surface area contributed by atoms with Crippen molar-refractivity contribution in [3.63, 3.8) is 0 Å². The summed E-state index contributed by atoms with van der Waals surface area (Å²) in [5.74, 6) is 1.87. The fourth-order valence-corrected chi connectivity index (χ4v) is 7.96. The molecule has 5 aliphatic rings. The molecule has 150 valence electrons. The van der Waals surface area contributed by atoms with Gasteiger partial charge in [0.1, 0.15) is 0 Å². The Hall–Kier alpha value is -1.71. The summed E-state index contributed by atoms with van der Waals surface area (Å²) in [6, 6.07) is 0. The number of fused-ring (bicyclic) bond motifs is 7. The van der Waals surface area contributed by atoms with E-state index in [9.17, 15) is 14.4 Å². The average Bonchev–Trinajstić information content (AvgIpc) is 3.37. The molecule has 0 heterocycles. The summed E-state index contributed by atoms with van der Waals surface area (Å²) in [7, 11) is 0. The molecule has 8 atom stereocenters. The van der Waals surface area contributed by atoms with Crippen LogP contribution >= 0.6 is 0 Å². The zero-order valence-corrected chi connectivity index (χ0v) is 17.3. The Morgan fingerprint density at radius 1 is 1.07 bits per heavy atom. The number of hydrogen-bond donors (Lipinski definition) is 0. The largest absolute Gasteiger partial charge is 0.451 e. The Kier molecular flexibility index (Phi) is 3.57. The van der Waals surface area contributed by atoms with Gasteiger partial charge in [0, 0.05) is 18.3 Å². The van der Waals surface area contributed by atoms with Crippen molar-refractivity contribution in [1.29, 1.82) is 0 Å². The summed E-state index contributed by atoms with van der Waals surface area (Å²) >= 11 is 0. The molecule has 0 spiro atoms. The zero-order valence-electron chi connectivity index (χ0n) is 17.3. The van der Waals surface area contributed by atoms with Crippen molar-refractivity contribution in [2.75, 3.05) is 0 Å². The summed E-state index contributed by atoms with van der Waals surface area (Å²) < 4.78 is 5.82. The molecule has 0 radical (unpaired) electrons. The van der Waals surface area contributed by atoms with Crippen molar-refractivity contribution in [3.8, 4) is 0 Å². The average molecular weight is 383 g/mol. The second kappa shape index (κ2) is 5.46. The number of hydrogen-bond acceptors (Lipinski definition) is 4. The first kappa shape index (κ1) is 18.3. The first-order valence-electron chi connectivity index (χ1n) is 10.8. The molecule has 0 aromatic rings. The summed E-state index contributed by atoms with van der Waals surface area (Å²) in [5.41, 5.74) is -0.00957. The third kappa shape index (κ3) is 1.99. The third-order valence-electron chi connectivity index (χ3n) is 9.45. The van der Waals surface area contributed by atoms with Gasteiger partial charge in [0.2, 0.25) is 0 Å². The van der Waals surface area contributed by atoms with Gasteiger partial charge in [0.15, 0.2) is 17.2 Å². The molecule has 0 bridgehead atoms. The van der Waals surface area contributed by atoms with E-state index >= 15 is 0 Å². The highest BCUT2D eigenvalue weighted by Crippen LogP contribution is 2.71. The van der Waals surface area contributed by atoms with Crippen molar-refractivity contribution >= 4 is 17.5 Å². The monoisotopic (exact) mass is 382 g/mol. The van der Waals surface area contributed by atoms with E-state index in [0.717, 1.165) is 25.7 Å². The lowest BCUT2D eigenvalue weighted by Gasteiger charge is -2.57. The minimum Gasteiger partial charge on any atom is -0.451 e. The lowest BCUT2D eigenvalue weighted by atomic mass is 9.47. The topological polar surface area (TPSA) is 60.4 Å². The summed E-state index contributed by atoms with van der Waals surface area (Å²) in [4.78, 5) is 37.0. The molecule has 0 saturated heterocycles. The zero-order chi connectivity index (χ0) is 20.1. The molecule has 0 aliphatic heterocycles. The Bertz CT molecular complexity index is 853. The maximum absolute atomic E-state index is 12.8. The molecule has 0 amide bonds. The van der Waals surface area contributed by atoms with Crippen molar-refractivity contribution < 1.29 is 19.1 Å². The van der Waals surface area contributed by atoms with Gasteiger partial charge in [-0.05, 0) is 79.8 Å². The second-order valence-corrected chi connectivity index (χ2v) is 10.4. The van der Waals surface area contributed by atoms with Crippen LogP contribution in [-0.4, -0.2) is 23.1 Å². The van der Waals surface area contributed by atoms with Gasteiger partial charge < -0.3 is 4.74 Å². The van der Waals surface area contributed by atoms with Crippen molar-refractivity contribution in [2.45, 2.75) is 65.4 Å². The van der Waals surface area contributed by atoms with E-state index in [1.54, 1.807) is 6.92 Å². The van der Waals surface area contributed by atoms with Crippen LogP contribution in [0.5, 0.6) is 0 Å². The highest BCUT2D eigenvalue weighted by atomic mass is 16.6. The standard InChI is InChI=1S/C24H30O4/c1-13(25)24(28-14(2)26)10-8-18-16-6-5-15-11-21(27)17-12-20(17)23(15,4)19(16)7-9-22(18,24)3/h5-6,11,16-20H,7-10,12H2,1-4H3/t16?,17?,18?,19?,20?,22-,23-,24-/m0/s1. The maximum Gasteiger partial charge on any atom is 0.303 e. The molecule has 0 N–H and O–H groups in total. The molecule has 4 heteroatoms. The van der Waals surface area contributed by atoms with Crippen LogP contribution in [0.4, 0.5) is 0 Å². The third-order valence-corrected chi connectivity index (χ3v) is 9.45. The number of Topliss-reactive ketones (excluding diaryl/α,β-unsaturated/α-hetero) is 1. The summed E-state index contributed by atoms with van der Waals surface area (Å²) in [5, 5.41) is 0. The normalized spacial score (nSPS) is 50.6. The van der Waals surface area contributed by atoms with Crippen LogP contribution in [0.2, 0.25) is 0 Å². The van der Waals surface area contributed by atoms with Gasteiger partial charge in [-0.2, -0.15) is 0 Å². The Labute approximate surface area is 166 Å². The first-order chi connectivity index (χ1) is 13.1. The Morgan fingerprint density at radius 3 is 2.46 bits per heavy atom. The number of carbonyl (C=O) groups excluding carboxylic acids is 3. The minimum atomic E-state index is -0.982. The molecule has 4 nitrogen and oxygen atoms in total. The SMILES string of the molecule is CC(=O)O[C@]1(C(C)=O)CCC2C3C=CC4=CC(=O)C5CC5[C@]4(C)C3CC[C@@]21C. The Balaban J connectivity index is 1.56. The quantitative estimate of drug-likeness (QED) is 0.676. The van der Waals surface area contributed by atoms with Gasteiger partial charge in [-0.1, -0.05) is 26.0 Å².